The van der Waals surface area contributed by atoms with Crippen LogP contribution in [0.4, 0.5) is 0 Å². The molecule has 1 aromatic carbocycles. The molecule has 21 heavy (non-hydrogen) atoms. The van der Waals surface area contributed by atoms with E-state index in [0.717, 1.165) is 43.7 Å². The van der Waals surface area contributed by atoms with Gasteiger partial charge in [0.15, 0.2) is 0 Å². The van der Waals surface area contributed by atoms with Crippen LogP contribution in [0.15, 0.2) is 35.7 Å². The van der Waals surface area contributed by atoms with Crippen molar-refractivity contribution in [2.24, 2.45) is 0 Å². The fourth-order valence-electron chi connectivity index (χ4n) is 3.08. The molecule has 1 spiro atoms. The first-order valence-electron chi connectivity index (χ1n) is 7.55. The zero-order valence-electron chi connectivity index (χ0n) is 11.9. The molecule has 1 N–H and O–H groups in total. The van der Waals surface area contributed by atoms with E-state index in [1.54, 1.807) is 11.3 Å². The number of thiophene rings is 1. The molecular formula is C17H19NO2S. The largest absolute Gasteiger partial charge is 0.462 e. The first kappa shape index (κ1) is 13.3. The summed E-state index contributed by atoms with van der Waals surface area (Å²) < 4.78 is 12.4. The van der Waals surface area contributed by atoms with E-state index in [1.165, 1.54) is 10.4 Å². The highest BCUT2D eigenvalue weighted by atomic mass is 32.1. The Balaban J connectivity index is 1.61. The zero-order chi connectivity index (χ0) is 14.1. The van der Waals surface area contributed by atoms with Gasteiger partial charge in [0.05, 0.1) is 6.61 Å². The normalized spacial score (nSPS) is 25.1. The van der Waals surface area contributed by atoms with Crippen molar-refractivity contribution in [1.29, 1.82) is 0 Å². The third kappa shape index (κ3) is 2.59. The third-order valence-corrected chi connectivity index (χ3v) is 5.17. The molecule has 2 aliphatic heterocycles. The second-order valence-electron chi connectivity index (χ2n) is 5.70. The van der Waals surface area contributed by atoms with E-state index in [9.17, 15) is 0 Å². The van der Waals surface area contributed by atoms with Crippen molar-refractivity contribution in [3.8, 4) is 16.2 Å². The highest BCUT2D eigenvalue weighted by Gasteiger charge is 2.37. The van der Waals surface area contributed by atoms with Gasteiger partial charge in [-0.2, -0.15) is 0 Å². The Morgan fingerprint density at radius 3 is 3.05 bits per heavy atom. The van der Waals surface area contributed by atoms with Gasteiger partial charge in [0.25, 0.3) is 0 Å². The summed E-state index contributed by atoms with van der Waals surface area (Å²) in [7, 11) is 0. The molecule has 2 aliphatic rings. The monoisotopic (exact) mass is 301 g/mol. The SMILES string of the molecule is c1csc(-c2ccc3c(c2)COC2(CCCNCC2)O3)c1. The topological polar surface area (TPSA) is 30.5 Å². The average Bonchev–Trinajstić information content (AvgIpc) is 2.96. The molecule has 1 fully saturated rings. The van der Waals surface area contributed by atoms with Gasteiger partial charge in [-0.15, -0.1) is 11.3 Å². The lowest BCUT2D eigenvalue weighted by atomic mass is 10.0. The summed E-state index contributed by atoms with van der Waals surface area (Å²) in [5, 5.41) is 5.52. The number of fused-ring (bicyclic) bond motifs is 1. The van der Waals surface area contributed by atoms with E-state index in [4.69, 9.17) is 9.47 Å². The van der Waals surface area contributed by atoms with Gasteiger partial charge in [-0.1, -0.05) is 6.07 Å². The van der Waals surface area contributed by atoms with Crippen LogP contribution in [-0.2, 0) is 11.3 Å². The maximum Gasteiger partial charge on any atom is 0.212 e. The molecule has 3 heterocycles. The summed E-state index contributed by atoms with van der Waals surface area (Å²) in [6.45, 7) is 2.66. The van der Waals surface area contributed by atoms with Crippen molar-refractivity contribution < 1.29 is 9.47 Å². The quantitative estimate of drug-likeness (QED) is 0.869. The molecule has 110 valence electrons. The lowest BCUT2D eigenvalue weighted by molar-refractivity contribution is -0.211. The van der Waals surface area contributed by atoms with E-state index in [0.29, 0.717) is 6.61 Å². The fourth-order valence-corrected chi connectivity index (χ4v) is 3.81. The maximum atomic E-state index is 6.25. The van der Waals surface area contributed by atoms with E-state index in [1.807, 2.05) is 0 Å². The summed E-state index contributed by atoms with van der Waals surface area (Å²) in [4.78, 5) is 1.29. The molecule has 2 aromatic rings. The number of hydrogen-bond acceptors (Lipinski definition) is 4. The van der Waals surface area contributed by atoms with Crippen molar-refractivity contribution in [3.63, 3.8) is 0 Å². The Morgan fingerprint density at radius 1 is 1.14 bits per heavy atom. The number of rotatable bonds is 1. The van der Waals surface area contributed by atoms with E-state index < -0.39 is 5.79 Å². The second kappa shape index (κ2) is 5.44. The molecule has 0 bridgehead atoms. The van der Waals surface area contributed by atoms with Gasteiger partial charge in [0.1, 0.15) is 5.75 Å². The molecule has 0 aliphatic carbocycles. The first-order chi connectivity index (χ1) is 10.3. The van der Waals surface area contributed by atoms with Crippen LogP contribution in [-0.4, -0.2) is 18.9 Å². The summed E-state index contributed by atoms with van der Waals surface area (Å²) in [6.07, 6.45) is 2.98. The second-order valence-corrected chi connectivity index (χ2v) is 6.65. The van der Waals surface area contributed by atoms with Crippen molar-refractivity contribution in [1.82, 2.24) is 5.32 Å². The van der Waals surface area contributed by atoms with Crippen molar-refractivity contribution in [2.45, 2.75) is 31.7 Å². The molecule has 1 saturated heterocycles. The predicted molar refractivity (Wildman–Crippen MR) is 84.6 cm³/mol. The van der Waals surface area contributed by atoms with Gasteiger partial charge in [-0.25, -0.2) is 0 Å². The van der Waals surface area contributed by atoms with Crippen LogP contribution >= 0.6 is 11.3 Å². The minimum absolute atomic E-state index is 0.416. The summed E-state index contributed by atoms with van der Waals surface area (Å²) in [5.74, 6) is 0.574. The molecular weight excluding hydrogens is 282 g/mol. The van der Waals surface area contributed by atoms with Crippen LogP contribution in [0.1, 0.15) is 24.8 Å². The van der Waals surface area contributed by atoms with Gasteiger partial charge in [0, 0.05) is 29.8 Å². The number of ether oxygens (including phenoxy) is 2. The Morgan fingerprint density at radius 2 is 2.14 bits per heavy atom. The van der Waals surface area contributed by atoms with Gasteiger partial charge in [-0.3, -0.25) is 0 Å². The molecule has 4 heteroatoms. The van der Waals surface area contributed by atoms with Crippen LogP contribution in [0.3, 0.4) is 0 Å². The molecule has 1 aromatic heterocycles. The van der Waals surface area contributed by atoms with Crippen LogP contribution in [0.25, 0.3) is 10.4 Å². The molecule has 3 nitrogen and oxygen atoms in total. The highest BCUT2D eigenvalue weighted by Crippen LogP contribution is 2.38. The minimum Gasteiger partial charge on any atom is -0.462 e. The first-order valence-corrected chi connectivity index (χ1v) is 8.43. The molecule has 0 saturated carbocycles. The van der Waals surface area contributed by atoms with E-state index >= 15 is 0 Å². The molecule has 1 atom stereocenters. The number of nitrogens with one attached hydrogen (secondary N) is 1. The zero-order valence-corrected chi connectivity index (χ0v) is 12.7. The summed E-state index contributed by atoms with van der Waals surface area (Å²) in [5.41, 5.74) is 2.40. The highest BCUT2D eigenvalue weighted by molar-refractivity contribution is 7.13. The predicted octanol–water partition coefficient (Wildman–Crippen LogP) is 3.79. The summed E-state index contributed by atoms with van der Waals surface area (Å²) >= 11 is 1.76. The Kier molecular flexibility index (Phi) is 3.45. The van der Waals surface area contributed by atoms with Gasteiger partial charge >= 0.3 is 0 Å². The molecule has 0 amide bonds. The van der Waals surface area contributed by atoms with Crippen LogP contribution < -0.4 is 10.1 Å². The van der Waals surface area contributed by atoms with Crippen LogP contribution in [0.2, 0.25) is 0 Å². The van der Waals surface area contributed by atoms with E-state index in [2.05, 4.69) is 41.0 Å². The fraction of sp³-hybridized carbons (Fsp3) is 0.412. The smallest absolute Gasteiger partial charge is 0.212 e. The standard InChI is InChI=1S/C17H19NO2S/c1-3-16(21-10-1)13-4-5-15-14(11-13)12-19-17(20-15)6-2-8-18-9-7-17/h1,3-5,10-11,18H,2,6-9,12H2. The van der Waals surface area contributed by atoms with E-state index in [-0.39, 0.29) is 0 Å². The van der Waals surface area contributed by atoms with Crippen molar-refractivity contribution in [2.75, 3.05) is 13.1 Å². The van der Waals surface area contributed by atoms with Crippen LogP contribution in [0, 0.1) is 0 Å². The Bertz CT molecular complexity index is 616. The third-order valence-electron chi connectivity index (χ3n) is 4.25. The van der Waals surface area contributed by atoms with Crippen LogP contribution in [0.5, 0.6) is 5.75 Å². The minimum atomic E-state index is -0.416. The Hall–Kier alpha value is -1.36. The Labute approximate surface area is 128 Å². The molecule has 4 rings (SSSR count). The van der Waals surface area contributed by atoms with Crippen molar-refractivity contribution in [3.05, 3.63) is 41.3 Å². The van der Waals surface area contributed by atoms with Gasteiger partial charge < -0.3 is 14.8 Å². The van der Waals surface area contributed by atoms with Gasteiger partial charge in [-0.05, 0) is 48.2 Å². The summed E-state index contributed by atoms with van der Waals surface area (Å²) in [6, 6.07) is 10.7. The average molecular weight is 301 g/mol. The number of benzene rings is 1. The lowest BCUT2D eigenvalue weighted by Crippen LogP contribution is -2.42. The molecule has 0 radical (unpaired) electrons. The van der Waals surface area contributed by atoms with Gasteiger partial charge in [0.2, 0.25) is 5.79 Å². The maximum absolute atomic E-state index is 6.25. The molecule has 1 unspecified atom stereocenters. The lowest BCUT2D eigenvalue weighted by Gasteiger charge is -2.38. The number of hydrogen-bond donors (Lipinski definition) is 1. The van der Waals surface area contributed by atoms with Crippen molar-refractivity contribution >= 4 is 11.3 Å².